The number of ether oxygens (including phenoxy) is 2. The molecule has 172 valence electrons. The Morgan fingerprint density at radius 2 is 2.12 bits per heavy atom. The van der Waals surface area contributed by atoms with Gasteiger partial charge in [-0.3, -0.25) is 4.79 Å². The highest BCUT2D eigenvalue weighted by Gasteiger charge is 2.22. The van der Waals surface area contributed by atoms with Gasteiger partial charge in [0.15, 0.2) is 0 Å². The van der Waals surface area contributed by atoms with Gasteiger partial charge in [0.25, 0.3) is 0 Å². The number of carbonyl (C=O) groups excluding carboxylic acids is 1. The van der Waals surface area contributed by atoms with E-state index < -0.39 is 10.0 Å². The third-order valence-corrected chi connectivity index (χ3v) is 6.62. The largest absolute Gasteiger partial charge is 0.495 e. The van der Waals surface area contributed by atoms with Crippen LogP contribution in [-0.4, -0.2) is 52.6 Å². The van der Waals surface area contributed by atoms with Gasteiger partial charge in [-0.15, -0.1) is 0 Å². The molecule has 2 aromatic carbocycles. The summed E-state index contributed by atoms with van der Waals surface area (Å²) in [5.41, 5.74) is 1.20. The maximum absolute atomic E-state index is 13.6. The first-order valence-electron chi connectivity index (χ1n) is 10.3. The fourth-order valence-electron chi connectivity index (χ4n) is 3.51. The monoisotopic (exact) mass is 462 g/mol. The average molecular weight is 463 g/mol. The first-order valence-corrected chi connectivity index (χ1v) is 11.8. The molecule has 0 radical (unpaired) electrons. The number of methoxy groups -OCH3 is 1. The van der Waals surface area contributed by atoms with Gasteiger partial charge in [-0.1, -0.05) is 18.2 Å². The number of amides is 1. The Morgan fingerprint density at radius 3 is 2.78 bits per heavy atom. The molecule has 1 atom stereocenters. The second-order valence-electron chi connectivity index (χ2n) is 7.43. The Bertz CT molecular complexity index is 1080. The van der Waals surface area contributed by atoms with Gasteiger partial charge in [0.2, 0.25) is 15.9 Å². The number of rotatable bonds is 9. The van der Waals surface area contributed by atoms with Gasteiger partial charge in [-0.2, -0.15) is 0 Å². The molecule has 1 N–H and O–H groups in total. The Kier molecular flexibility index (Phi) is 8.00. The summed E-state index contributed by atoms with van der Waals surface area (Å²) < 4.78 is 51.2. The van der Waals surface area contributed by atoms with E-state index in [-0.39, 0.29) is 35.0 Å². The van der Waals surface area contributed by atoms with E-state index in [1.807, 2.05) is 0 Å². The summed E-state index contributed by atoms with van der Waals surface area (Å²) in [6.45, 7) is 1.29. The van der Waals surface area contributed by atoms with Crippen molar-refractivity contribution < 1.29 is 27.1 Å². The number of nitrogens with zero attached hydrogens (tertiary/aromatic N) is 1. The SMILES string of the molecule is CNS(=O)(=O)c1cc(/C=C/C(=O)N(Cc2cccc(F)c2)CC2CCCO2)ccc1OC. The summed E-state index contributed by atoms with van der Waals surface area (Å²) in [6, 6.07) is 10.8. The predicted molar refractivity (Wildman–Crippen MR) is 119 cm³/mol. The molecular weight excluding hydrogens is 435 g/mol. The maximum Gasteiger partial charge on any atom is 0.246 e. The van der Waals surface area contributed by atoms with E-state index in [1.165, 1.54) is 44.5 Å². The topological polar surface area (TPSA) is 84.9 Å². The molecule has 1 saturated heterocycles. The smallest absolute Gasteiger partial charge is 0.246 e. The second kappa shape index (κ2) is 10.7. The fraction of sp³-hybridized carbons (Fsp3) is 0.348. The maximum atomic E-state index is 13.6. The Morgan fingerprint density at radius 1 is 1.31 bits per heavy atom. The van der Waals surface area contributed by atoms with E-state index in [0.717, 1.165) is 12.8 Å². The van der Waals surface area contributed by atoms with Crippen LogP contribution in [0.2, 0.25) is 0 Å². The van der Waals surface area contributed by atoms with Crippen LogP contribution in [0.3, 0.4) is 0 Å². The minimum Gasteiger partial charge on any atom is -0.495 e. The number of sulfonamides is 1. The molecule has 1 aliphatic rings. The fourth-order valence-corrected chi connectivity index (χ4v) is 4.44. The standard InChI is InChI=1S/C23H27FN2O5S/c1-25-32(28,29)22-14-17(8-10-21(22)30-2)9-11-23(27)26(16-20-7-4-12-31-20)15-18-5-3-6-19(24)13-18/h3,5-6,8-11,13-14,20,25H,4,7,12,15-16H2,1-2H3/b11-9+. The first-order chi connectivity index (χ1) is 15.3. The van der Waals surface area contributed by atoms with Crippen molar-refractivity contribution >= 4 is 22.0 Å². The predicted octanol–water partition coefficient (Wildman–Crippen LogP) is 2.96. The van der Waals surface area contributed by atoms with Gasteiger partial charge in [-0.25, -0.2) is 17.5 Å². The van der Waals surface area contributed by atoms with Crippen LogP contribution in [0.15, 0.2) is 53.4 Å². The van der Waals surface area contributed by atoms with Crippen molar-refractivity contribution in [3.8, 4) is 5.75 Å². The van der Waals surface area contributed by atoms with Crippen molar-refractivity contribution in [2.75, 3.05) is 27.3 Å². The lowest BCUT2D eigenvalue weighted by Gasteiger charge is -2.24. The molecule has 0 bridgehead atoms. The average Bonchev–Trinajstić information content (AvgIpc) is 3.30. The van der Waals surface area contributed by atoms with Crippen LogP contribution in [0.25, 0.3) is 6.08 Å². The molecule has 1 aliphatic heterocycles. The summed E-state index contributed by atoms with van der Waals surface area (Å²) >= 11 is 0. The Labute approximate surface area is 187 Å². The molecule has 0 aromatic heterocycles. The Hall–Kier alpha value is -2.75. The van der Waals surface area contributed by atoms with E-state index in [4.69, 9.17) is 9.47 Å². The van der Waals surface area contributed by atoms with Crippen LogP contribution in [0.4, 0.5) is 4.39 Å². The third-order valence-electron chi connectivity index (χ3n) is 5.19. The minimum atomic E-state index is -3.74. The molecule has 7 nitrogen and oxygen atoms in total. The van der Waals surface area contributed by atoms with Crippen LogP contribution in [0.1, 0.15) is 24.0 Å². The third kappa shape index (κ3) is 6.15. The number of hydrogen-bond acceptors (Lipinski definition) is 5. The van der Waals surface area contributed by atoms with Crippen LogP contribution >= 0.6 is 0 Å². The van der Waals surface area contributed by atoms with Crippen LogP contribution in [0.5, 0.6) is 5.75 Å². The molecule has 1 amide bonds. The lowest BCUT2D eigenvalue weighted by molar-refractivity contribution is -0.128. The highest BCUT2D eigenvalue weighted by molar-refractivity contribution is 7.89. The van der Waals surface area contributed by atoms with Gasteiger partial charge in [0.05, 0.1) is 13.2 Å². The van der Waals surface area contributed by atoms with E-state index >= 15 is 0 Å². The number of halogens is 1. The minimum absolute atomic E-state index is 0.0203. The summed E-state index contributed by atoms with van der Waals surface area (Å²) in [4.78, 5) is 14.6. The normalized spacial score (nSPS) is 16.4. The lowest BCUT2D eigenvalue weighted by atomic mass is 10.1. The zero-order valence-corrected chi connectivity index (χ0v) is 18.9. The van der Waals surface area contributed by atoms with E-state index in [1.54, 1.807) is 29.2 Å². The first kappa shape index (κ1) is 23.9. The van der Waals surface area contributed by atoms with E-state index in [2.05, 4.69) is 4.72 Å². The molecule has 1 unspecified atom stereocenters. The van der Waals surface area contributed by atoms with Crippen LogP contribution < -0.4 is 9.46 Å². The van der Waals surface area contributed by atoms with Gasteiger partial charge < -0.3 is 14.4 Å². The van der Waals surface area contributed by atoms with Gasteiger partial charge in [0.1, 0.15) is 16.5 Å². The van der Waals surface area contributed by atoms with Gasteiger partial charge >= 0.3 is 0 Å². The van der Waals surface area contributed by atoms with Crippen molar-refractivity contribution in [3.63, 3.8) is 0 Å². The lowest BCUT2D eigenvalue weighted by Crippen LogP contribution is -2.35. The summed E-state index contributed by atoms with van der Waals surface area (Å²) in [5.74, 6) is -0.438. The second-order valence-corrected chi connectivity index (χ2v) is 9.29. The molecule has 9 heteroatoms. The summed E-state index contributed by atoms with van der Waals surface area (Å²) in [5, 5.41) is 0. The van der Waals surface area contributed by atoms with Crippen molar-refractivity contribution in [1.82, 2.24) is 9.62 Å². The Balaban J connectivity index is 1.82. The van der Waals surface area contributed by atoms with E-state index in [9.17, 15) is 17.6 Å². The van der Waals surface area contributed by atoms with Crippen molar-refractivity contribution in [3.05, 3.63) is 65.5 Å². The van der Waals surface area contributed by atoms with Crippen LogP contribution in [-0.2, 0) is 26.1 Å². The molecule has 0 spiro atoms. The number of benzene rings is 2. The van der Waals surface area contributed by atoms with Crippen molar-refractivity contribution in [2.45, 2.75) is 30.4 Å². The van der Waals surface area contributed by atoms with Crippen LogP contribution in [0, 0.1) is 5.82 Å². The quantitative estimate of drug-likeness (QED) is 0.579. The number of carbonyl (C=O) groups is 1. The molecule has 0 aliphatic carbocycles. The molecule has 2 aromatic rings. The van der Waals surface area contributed by atoms with E-state index in [0.29, 0.717) is 24.3 Å². The number of hydrogen-bond donors (Lipinski definition) is 1. The molecule has 1 heterocycles. The zero-order chi connectivity index (χ0) is 23.1. The number of nitrogens with one attached hydrogen (secondary N) is 1. The molecule has 32 heavy (non-hydrogen) atoms. The molecule has 1 fully saturated rings. The van der Waals surface area contributed by atoms with Crippen molar-refractivity contribution in [1.29, 1.82) is 0 Å². The molecule has 0 saturated carbocycles. The molecular formula is C23H27FN2O5S. The highest BCUT2D eigenvalue weighted by Crippen LogP contribution is 2.25. The van der Waals surface area contributed by atoms with Gasteiger partial charge in [0, 0.05) is 25.8 Å². The van der Waals surface area contributed by atoms with Crippen molar-refractivity contribution in [2.24, 2.45) is 0 Å². The highest BCUT2D eigenvalue weighted by atomic mass is 32.2. The summed E-state index contributed by atoms with van der Waals surface area (Å²) in [7, 11) is -1.03. The molecule has 3 rings (SSSR count). The summed E-state index contributed by atoms with van der Waals surface area (Å²) in [6.07, 6.45) is 4.67. The zero-order valence-electron chi connectivity index (χ0n) is 18.1. The van der Waals surface area contributed by atoms with Gasteiger partial charge in [-0.05, 0) is 61.4 Å².